The second kappa shape index (κ2) is 5.75. The maximum atomic E-state index is 11.1. The van der Waals surface area contributed by atoms with Crippen molar-refractivity contribution in [2.24, 2.45) is 0 Å². The zero-order valence-electron chi connectivity index (χ0n) is 10.5. The Morgan fingerprint density at radius 3 is 2.47 bits per heavy atom. The monoisotopic (exact) mass is 277 g/mol. The second-order valence-corrected chi connectivity index (χ2v) is 5.92. The van der Waals surface area contributed by atoms with Crippen molar-refractivity contribution in [1.82, 2.24) is 0 Å². The fourth-order valence-electron chi connectivity index (χ4n) is 1.60. The molecule has 0 radical (unpaired) electrons. The highest BCUT2D eigenvalue weighted by Gasteiger charge is 2.03. The molecule has 0 unspecified atom stereocenters. The first-order valence-electron chi connectivity index (χ1n) is 5.77. The van der Waals surface area contributed by atoms with Crippen LogP contribution in [0.1, 0.15) is 5.56 Å². The van der Waals surface area contributed by atoms with Crippen molar-refractivity contribution >= 4 is 15.7 Å². The molecule has 5 heteroatoms. The molecule has 2 rings (SSSR count). The Morgan fingerprint density at radius 2 is 1.79 bits per heavy atom. The standard InChI is InChI=1S/C14H15NO3S/c1-19(16,17)15-13-8-5-9-14(10-13)18-11-12-6-3-2-4-7-12/h2-10,15H,11H2,1H3. The second-order valence-electron chi connectivity index (χ2n) is 4.18. The molecular weight excluding hydrogens is 262 g/mol. The van der Waals surface area contributed by atoms with E-state index in [-0.39, 0.29) is 0 Å². The Bertz CT molecular complexity index is 639. The predicted molar refractivity (Wildman–Crippen MR) is 75.7 cm³/mol. The van der Waals surface area contributed by atoms with E-state index < -0.39 is 10.0 Å². The normalized spacial score (nSPS) is 11.0. The number of anilines is 1. The van der Waals surface area contributed by atoms with Gasteiger partial charge in [0.25, 0.3) is 0 Å². The molecule has 0 saturated heterocycles. The minimum absolute atomic E-state index is 0.448. The number of ether oxygens (including phenoxy) is 1. The van der Waals surface area contributed by atoms with Crippen molar-refractivity contribution in [1.29, 1.82) is 0 Å². The smallest absolute Gasteiger partial charge is 0.229 e. The van der Waals surface area contributed by atoms with Crippen LogP contribution in [0.3, 0.4) is 0 Å². The Kier molecular flexibility index (Phi) is 4.06. The average Bonchev–Trinajstić information content (AvgIpc) is 2.36. The van der Waals surface area contributed by atoms with Crippen LogP contribution in [-0.4, -0.2) is 14.7 Å². The number of nitrogens with one attached hydrogen (secondary N) is 1. The summed E-state index contributed by atoms with van der Waals surface area (Å²) >= 11 is 0. The number of hydrogen-bond acceptors (Lipinski definition) is 3. The zero-order chi connectivity index (χ0) is 13.7. The van der Waals surface area contributed by atoms with Crippen molar-refractivity contribution in [2.75, 3.05) is 11.0 Å². The quantitative estimate of drug-likeness (QED) is 0.914. The van der Waals surface area contributed by atoms with E-state index in [4.69, 9.17) is 4.74 Å². The molecule has 1 N–H and O–H groups in total. The van der Waals surface area contributed by atoms with Crippen LogP contribution in [0.25, 0.3) is 0 Å². The van der Waals surface area contributed by atoms with E-state index in [9.17, 15) is 8.42 Å². The maximum absolute atomic E-state index is 11.1. The summed E-state index contributed by atoms with van der Waals surface area (Å²) in [5.41, 5.74) is 1.55. The van der Waals surface area contributed by atoms with Gasteiger partial charge in [-0.15, -0.1) is 0 Å². The van der Waals surface area contributed by atoms with Crippen LogP contribution in [-0.2, 0) is 16.6 Å². The molecule has 0 aromatic heterocycles. The van der Waals surface area contributed by atoms with Gasteiger partial charge in [-0.1, -0.05) is 36.4 Å². The Morgan fingerprint density at radius 1 is 1.05 bits per heavy atom. The summed E-state index contributed by atoms with van der Waals surface area (Å²) in [5, 5.41) is 0. The van der Waals surface area contributed by atoms with Gasteiger partial charge in [0.15, 0.2) is 0 Å². The van der Waals surface area contributed by atoms with Crippen LogP contribution >= 0.6 is 0 Å². The highest BCUT2D eigenvalue weighted by atomic mass is 32.2. The van der Waals surface area contributed by atoms with E-state index in [0.29, 0.717) is 18.0 Å². The van der Waals surface area contributed by atoms with Crippen LogP contribution < -0.4 is 9.46 Å². The summed E-state index contributed by atoms with van der Waals surface area (Å²) in [7, 11) is -3.27. The lowest BCUT2D eigenvalue weighted by Gasteiger charge is -2.08. The third-order valence-corrected chi connectivity index (χ3v) is 2.99. The molecule has 0 atom stereocenters. The van der Waals surface area contributed by atoms with E-state index in [1.54, 1.807) is 24.3 Å². The first-order valence-corrected chi connectivity index (χ1v) is 7.67. The van der Waals surface area contributed by atoms with Crippen LogP contribution in [0.5, 0.6) is 5.75 Å². The number of benzene rings is 2. The third kappa shape index (κ3) is 4.63. The molecule has 0 saturated carbocycles. The molecule has 0 fully saturated rings. The van der Waals surface area contributed by atoms with Gasteiger partial charge in [-0.2, -0.15) is 0 Å². The topological polar surface area (TPSA) is 55.4 Å². The van der Waals surface area contributed by atoms with Gasteiger partial charge in [0.05, 0.1) is 11.9 Å². The molecule has 4 nitrogen and oxygen atoms in total. The molecule has 2 aromatic rings. The van der Waals surface area contributed by atoms with Gasteiger partial charge in [-0.25, -0.2) is 8.42 Å². The highest BCUT2D eigenvalue weighted by molar-refractivity contribution is 7.92. The van der Waals surface area contributed by atoms with Gasteiger partial charge in [0.2, 0.25) is 10.0 Å². The lowest BCUT2D eigenvalue weighted by molar-refractivity contribution is 0.306. The van der Waals surface area contributed by atoms with Crippen LogP contribution in [0, 0.1) is 0 Å². The molecule has 0 aliphatic heterocycles. The first kappa shape index (κ1) is 13.4. The predicted octanol–water partition coefficient (Wildman–Crippen LogP) is 2.64. The van der Waals surface area contributed by atoms with E-state index >= 15 is 0 Å². The molecule has 0 aliphatic rings. The van der Waals surface area contributed by atoms with E-state index in [1.165, 1.54) is 0 Å². The third-order valence-electron chi connectivity index (χ3n) is 2.39. The van der Waals surface area contributed by atoms with E-state index in [2.05, 4.69) is 4.72 Å². The van der Waals surface area contributed by atoms with Gasteiger partial charge in [-0.3, -0.25) is 4.72 Å². The van der Waals surface area contributed by atoms with Crippen molar-refractivity contribution in [3.8, 4) is 5.75 Å². The number of sulfonamides is 1. The minimum atomic E-state index is -3.27. The van der Waals surface area contributed by atoms with Gasteiger partial charge < -0.3 is 4.74 Å². The SMILES string of the molecule is CS(=O)(=O)Nc1cccc(OCc2ccccc2)c1. The Balaban J connectivity index is 2.03. The fourth-order valence-corrected chi connectivity index (χ4v) is 2.16. The summed E-state index contributed by atoms with van der Waals surface area (Å²) in [6.45, 7) is 0.448. The van der Waals surface area contributed by atoms with E-state index in [0.717, 1.165) is 11.8 Å². The molecule has 0 heterocycles. The molecule has 0 bridgehead atoms. The fraction of sp³-hybridized carbons (Fsp3) is 0.143. The molecule has 0 amide bonds. The van der Waals surface area contributed by atoms with E-state index in [1.807, 2.05) is 30.3 Å². The Hall–Kier alpha value is -2.01. The summed E-state index contributed by atoms with van der Waals surface area (Å²) in [6.07, 6.45) is 1.12. The molecule has 2 aromatic carbocycles. The molecule has 19 heavy (non-hydrogen) atoms. The summed E-state index contributed by atoms with van der Waals surface area (Å²) in [6, 6.07) is 16.6. The van der Waals surface area contributed by atoms with Gasteiger partial charge in [-0.05, 0) is 17.7 Å². The molecule has 100 valence electrons. The van der Waals surface area contributed by atoms with Crippen LogP contribution in [0.2, 0.25) is 0 Å². The maximum Gasteiger partial charge on any atom is 0.229 e. The average molecular weight is 277 g/mol. The van der Waals surface area contributed by atoms with Crippen molar-refractivity contribution in [3.63, 3.8) is 0 Å². The summed E-state index contributed by atoms with van der Waals surface area (Å²) in [5.74, 6) is 0.623. The van der Waals surface area contributed by atoms with Gasteiger partial charge in [0, 0.05) is 6.07 Å². The van der Waals surface area contributed by atoms with Gasteiger partial charge >= 0.3 is 0 Å². The van der Waals surface area contributed by atoms with Crippen LogP contribution in [0.15, 0.2) is 54.6 Å². The number of rotatable bonds is 5. The first-order chi connectivity index (χ1) is 9.03. The molecular formula is C14H15NO3S. The van der Waals surface area contributed by atoms with Crippen LogP contribution in [0.4, 0.5) is 5.69 Å². The van der Waals surface area contributed by atoms with Crippen molar-refractivity contribution in [3.05, 3.63) is 60.2 Å². The minimum Gasteiger partial charge on any atom is -0.489 e. The van der Waals surface area contributed by atoms with Crippen molar-refractivity contribution in [2.45, 2.75) is 6.61 Å². The van der Waals surface area contributed by atoms with Gasteiger partial charge in [0.1, 0.15) is 12.4 Å². The van der Waals surface area contributed by atoms with Crippen molar-refractivity contribution < 1.29 is 13.2 Å². The Labute approximate surface area is 113 Å². The molecule has 0 aliphatic carbocycles. The largest absolute Gasteiger partial charge is 0.489 e. The molecule has 0 spiro atoms. The summed E-state index contributed by atoms with van der Waals surface area (Å²) in [4.78, 5) is 0. The summed E-state index contributed by atoms with van der Waals surface area (Å²) < 4.78 is 30.3. The lowest BCUT2D eigenvalue weighted by Crippen LogP contribution is -2.09. The number of hydrogen-bond donors (Lipinski definition) is 1. The highest BCUT2D eigenvalue weighted by Crippen LogP contribution is 2.19. The zero-order valence-corrected chi connectivity index (χ0v) is 11.4. The lowest BCUT2D eigenvalue weighted by atomic mass is 10.2.